The predicted molar refractivity (Wildman–Crippen MR) is 78.9 cm³/mol. The van der Waals surface area contributed by atoms with Gasteiger partial charge < -0.3 is 14.7 Å². The van der Waals surface area contributed by atoms with Crippen molar-refractivity contribution in [3.05, 3.63) is 20.8 Å². The van der Waals surface area contributed by atoms with Gasteiger partial charge in [0.25, 0.3) is 0 Å². The maximum absolute atomic E-state index is 12.2. The van der Waals surface area contributed by atoms with Crippen LogP contribution in [0.1, 0.15) is 17.7 Å². The Morgan fingerprint density at radius 3 is 3.00 bits per heavy atom. The highest BCUT2D eigenvalue weighted by Gasteiger charge is 2.28. The summed E-state index contributed by atoms with van der Waals surface area (Å²) in [6.07, 6.45) is 1.03. The minimum absolute atomic E-state index is 0.00377. The van der Waals surface area contributed by atoms with E-state index in [9.17, 15) is 9.59 Å². The summed E-state index contributed by atoms with van der Waals surface area (Å²) in [7, 11) is 0. The number of carboxylic acids is 1. The summed E-state index contributed by atoms with van der Waals surface area (Å²) in [6, 6.07) is 1.66. The van der Waals surface area contributed by atoms with Gasteiger partial charge in [-0.2, -0.15) is 0 Å². The van der Waals surface area contributed by atoms with Gasteiger partial charge in [0, 0.05) is 27.7 Å². The fourth-order valence-electron chi connectivity index (χ4n) is 2.21. The minimum Gasteiger partial charge on any atom is -0.481 e. The summed E-state index contributed by atoms with van der Waals surface area (Å²) in [5.41, 5.74) is 0. The maximum Gasteiger partial charge on any atom is 0.305 e. The molecule has 2 heterocycles. The van der Waals surface area contributed by atoms with Gasteiger partial charge in [0.15, 0.2) is 0 Å². The molecule has 0 spiro atoms. The number of halogens is 1. The van der Waals surface area contributed by atoms with Crippen molar-refractivity contribution in [2.24, 2.45) is 0 Å². The molecule has 1 fully saturated rings. The highest BCUT2D eigenvalue weighted by atomic mass is 79.9. The molecule has 1 atom stereocenters. The molecule has 0 aromatic carbocycles. The van der Waals surface area contributed by atoms with Crippen molar-refractivity contribution in [2.75, 3.05) is 19.8 Å². The molecule has 1 saturated heterocycles. The number of nitrogens with zero attached hydrogens (tertiary/aromatic N) is 1. The van der Waals surface area contributed by atoms with Gasteiger partial charge in [-0.3, -0.25) is 9.59 Å². The maximum atomic E-state index is 12.2. The first-order chi connectivity index (χ1) is 9.56. The van der Waals surface area contributed by atoms with Gasteiger partial charge in [-0.05, 0) is 28.4 Å². The molecule has 0 bridgehead atoms. The second-order valence-corrected chi connectivity index (χ2v) is 6.56. The Hall–Kier alpha value is -0.920. The molecule has 20 heavy (non-hydrogen) atoms. The van der Waals surface area contributed by atoms with Crippen LogP contribution in [0.25, 0.3) is 0 Å². The number of carboxylic acid groups (broad SMARTS) is 1. The third kappa shape index (κ3) is 4.29. The topological polar surface area (TPSA) is 66.8 Å². The zero-order chi connectivity index (χ0) is 14.5. The molecule has 1 N–H and O–H groups in total. The lowest BCUT2D eigenvalue weighted by Crippen LogP contribution is -2.49. The number of carbonyl (C=O) groups is 2. The molecule has 1 aliphatic heterocycles. The van der Waals surface area contributed by atoms with Crippen LogP contribution in [0, 0.1) is 0 Å². The van der Waals surface area contributed by atoms with Crippen molar-refractivity contribution in [3.8, 4) is 0 Å². The zero-order valence-corrected chi connectivity index (χ0v) is 13.3. The summed E-state index contributed by atoms with van der Waals surface area (Å²) in [4.78, 5) is 25.9. The van der Waals surface area contributed by atoms with E-state index in [1.165, 1.54) is 0 Å². The number of carbonyl (C=O) groups excluding carboxylic acids is 1. The molecule has 5 nitrogen and oxygen atoms in total. The summed E-state index contributed by atoms with van der Waals surface area (Å²) < 4.78 is 6.30. The fourth-order valence-corrected chi connectivity index (χ4v) is 3.67. The number of rotatable bonds is 5. The molecule has 1 aliphatic rings. The van der Waals surface area contributed by atoms with Gasteiger partial charge >= 0.3 is 5.97 Å². The van der Waals surface area contributed by atoms with Crippen LogP contribution in [-0.4, -0.2) is 47.7 Å². The summed E-state index contributed by atoms with van der Waals surface area (Å²) in [6.45, 7) is 1.26. The Labute approximate surface area is 129 Å². The molecule has 0 radical (unpaired) electrons. The Kier molecular flexibility index (Phi) is 5.56. The standard InChI is InChI=1S/C13H16BrNO4S/c14-9-5-11(20-8-9)1-2-12(16)15-3-4-19-7-10(15)6-13(17)18/h5,8,10H,1-4,6-7H2,(H,17,18). The van der Waals surface area contributed by atoms with Gasteiger partial charge in [-0.25, -0.2) is 0 Å². The molecule has 2 rings (SSSR count). The molecule has 7 heteroatoms. The van der Waals surface area contributed by atoms with E-state index in [2.05, 4.69) is 15.9 Å². The molecular weight excluding hydrogens is 346 g/mol. The van der Waals surface area contributed by atoms with Crippen LogP contribution in [-0.2, 0) is 20.7 Å². The zero-order valence-electron chi connectivity index (χ0n) is 10.9. The number of thiophene rings is 1. The third-order valence-corrected chi connectivity index (χ3v) is 4.92. The van der Waals surface area contributed by atoms with Crippen LogP contribution < -0.4 is 0 Å². The van der Waals surface area contributed by atoms with Gasteiger partial charge in [0.05, 0.1) is 25.7 Å². The van der Waals surface area contributed by atoms with Crippen molar-refractivity contribution in [2.45, 2.75) is 25.3 Å². The van der Waals surface area contributed by atoms with Crippen LogP contribution in [0.5, 0.6) is 0 Å². The average Bonchev–Trinajstić information content (AvgIpc) is 2.82. The highest BCUT2D eigenvalue weighted by molar-refractivity contribution is 9.10. The number of hydrogen-bond acceptors (Lipinski definition) is 4. The minimum atomic E-state index is -0.902. The number of hydrogen-bond donors (Lipinski definition) is 1. The first-order valence-electron chi connectivity index (χ1n) is 6.38. The number of aryl methyl sites for hydroxylation is 1. The van der Waals surface area contributed by atoms with Crippen molar-refractivity contribution >= 4 is 39.1 Å². The van der Waals surface area contributed by atoms with E-state index < -0.39 is 5.97 Å². The van der Waals surface area contributed by atoms with Crippen molar-refractivity contribution in [1.29, 1.82) is 0 Å². The Balaban J connectivity index is 1.90. The fraction of sp³-hybridized carbons (Fsp3) is 0.538. The van der Waals surface area contributed by atoms with Crippen LogP contribution in [0.15, 0.2) is 15.9 Å². The molecule has 1 aromatic rings. The molecule has 1 unspecified atom stereocenters. The quantitative estimate of drug-likeness (QED) is 0.872. The molecule has 110 valence electrons. The third-order valence-electron chi connectivity index (χ3n) is 3.17. The number of morpholine rings is 1. The van der Waals surface area contributed by atoms with Crippen molar-refractivity contribution in [1.82, 2.24) is 4.90 Å². The van der Waals surface area contributed by atoms with E-state index in [0.717, 1.165) is 9.35 Å². The lowest BCUT2D eigenvalue weighted by atomic mass is 10.1. The van der Waals surface area contributed by atoms with E-state index in [4.69, 9.17) is 9.84 Å². The summed E-state index contributed by atoms with van der Waals surface area (Å²) in [5.74, 6) is -0.899. The summed E-state index contributed by atoms with van der Waals surface area (Å²) >= 11 is 5.00. The highest BCUT2D eigenvalue weighted by Crippen LogP contribution is 2.21. The normalized spacial score (nSPS) is 19.1. The van der Waals surface area contributed by atoms with Crippen molar-refractivity contribution in [3.63, 3.8) is 0 Å². The number of aliphatic carboxylic acids is 1. The Morgan fingerprint density at radius 2 is 2.35 bits per heavy atom. The summed E-state index contributed by atoms with van der Waals surface area (Å²) in [5, 5.41) is 10.9. The van der Waals surface area contributed by atoms with E-state index in [0.29, 0.717) is 32.6 Å². The molecule has 0 aliphatic carbocycles. The van der Waals surface area contributed by atoms with Gasteiger partial charge in [0.1, 0.15) is 0 Å². The first kappa shape index (κ1) is 15.5. The van der Waals surface area contributed by atoms with Crippen molar-refractivity contribution < 1.29 is 19.4 Å². The second-order valence-electron chi connectivity index (χ2n) is 4.64. The van der Waals surface area contributed by atoms with Gasteiger partial charge in [-0.1, -0.05) is 0 Å². The monoisotopic (exact) mass is 361 g/mol. The Bertz CT molecular complexity index is 490. The van der Waals surface area contributed by atoms with Gasteiger partial charge in [-0.15, -0.1) is 11.3 Å². The van der Waals surface area contributed by atoms with E-state index in [1.807, 2.05) is 11.4 Å². The smallest absolute Gasteiger partial charge is 0.305 e. The molecule has 1 amide bonds. The second kappa shape index (κ2) is 7.19. The number of amides is 1. The van der Waals surface area contributed by atoms with E-state index >= 15 is 0 Å². The first-order valence-corrected chi connectivity index (χ1v) is 8.05. The predicted octanol–water partition coefficient (Wildman–Crippen LogP) is 2.15. The van der Waals surface area contributed by atoms with E-state index in [1.54, 1.807) is 16.2 Å². The van der Waals surface area contributed by atoms with Crippen LogP contribution in [0.2, 0.25) is 0 Å². The van der Waals surface area contributed by atoms with Crippen LogP contribution >= 0.6 is 27.3 Å². The van der Waals surface area contributed by atoms with Crippen LogP contribution in [0.3, 0.4) is 0 Å². The molecule has 0 saturated carbocycles. The Morgan fingerprint density at radius 1 is 1.55 bits per heavy atom. The molecular formula is C13H16BrNO4S. The lowest BCUT2D eigenvalue weighted by Gasteiger charge is -2.34. The molecule has 1 aromatic heterocycles. The average molecular weight is 362 g/mol. The van der Waals surface area contributed by atoms with E-state index in [-0.39, 0.29) is 18.4 Å². The number of ether oxygens (including phenoxy) is 1. The largest absolute Gasteiger partial charge is 0.481 e. The van der Waals surface area contributed by atoms with Gasteiger partial charge in [0.2, 0.25) is 5.91 Å². The van der Waals surface area contributed by atoms with Crippen LogP contribution in [0.4, 0.5) is 0 Å². The SMILES string of the molecule is O=C(O)CC1COCCN1C(=O)CCc1cc(Br)cs1. The lowest BCUT2D eigenvalue weighted by molar-refractivity contribution is -0.146.